The van der Waals surface area contributed by atoms with Gasteiger partial charge in [0.15, 0.2) is 5.17 Å². The Labute approximate surface area is 166 Å². The molecule has 0 spiro atoms. The number of amidine groups is 1. The summed E-state index contributed by atoms with van der Waals surface area (Å²) in [5.74, 6) is -0.0304. The third-order valence-corrected chi connectivity index (χ3v) is 5.30. The molecular weight excluding hydrogens is 374 g/mol. The molecule has 0 aromatic heterocycles. The molecule has 7 nitrogen and oxygen atoms in total. The van der Waals surface area contributed by atoms with Crippen LogP contribution in [0.5, 0.6) is 0 Å². The Bertz CT molecular complexity index is 971. The van der Waals surface area contributed by atoms with Gasteiger partial charge in [-0.05, 0) is 30.3 Å². The van der Waals surface area contributed by atoms with Crippen molar-refractivity contribution in [3.8, 4) is 0 Å². The first kappa shape index (κ1) is 18.2. The van der Waals surface area contributed by atoms with Crippen molar-refractivity contribution in [3.05, 3.63) is 54.1 Å². The summed E-state index contributed by atoms with van der Waals surface area (Å²) in [7, 11) is 0. The molecule has 2 N–H and O–H groups in total. The number of aliphatic imine (C=N–C) groups is 1. The van der Waals surface area contributed by atoms with Crippen molar-refractivity contribution in [2.75, 3.05) is 16.4 Å². The fraction of sp³-hybridized carbons (Fsp3) is 0.200. The van der Waals surface area contributed by atoms with Crippen molar-refractivity contribution in [1.29, 1.82) is 0 Å². The van der Waals surface area contributed by atoms with Crippen molar-refractivity contribution in [2.24, 2.45) is 10.1 Å². The molecule has 2 heterocycles. The fourth-order valence-corrected chi connectivity index (χ4v) is 3.95. The number of rotatable bonds is 4. The number of carbonyl (C=O) groups is 2. The van der Waals surface area contributed by atoms with Gasteiger partial charge in [-0.1, -0.05) is 30.0 Å². The van der Waals surface area contributed by atoms with E-state index in [2.05, 4.69) is 26.8 Å². The van der Waals surface area contributed by atoms with Crippen LogP contribution >= 0.6 is 11.8 Å². The van der Waals surface area contributed by atoms with Crippen LogP contribution in [0.3, 0.4) is 0 Å². The second-order valence-corrected chi connectivity index (χ2v) is 7.39. The van der Waals surface area contributed by atoms with Crippen LogP contribution in [0.4, 0.5) is 17.1 Å². The van der Waals surface area contributed by atoms with Crippen molar-refractivity contribution < 1.29 is 9.59 Å². The molecule has 2 aromatic rings. The highest BCUT2D eigenvalue weighted by molar-refractivity contribution is 8.14. The van der Waals surface area contributed by atoms with E-state index in [0.29, 0.717) is 11.4 Å². The molecule has 2 aliphatic heterocycles. The Hall–Kier alpha value is -3.13. The summed E-state index contributed by atoms with van der Waals surface area (Å²) in [6, 6.07) is 15.2. The number of amides is 2. The number of para-hydroxylation sites is 1. The quantitative estimate of drug-likeness (QED) is 0.828. The highest BCUT2D eigenvalue weighted by Crippen LogP contribution is 2.40. The Morgan fingerprint density at radius 1 is 1.11 bits per heavy atom. The molecule has 1 atom stereocenters. The minimum absolute atomic E-state index is 0.126. The molecule has 0 saturated carbocycles. The van der Waals surface area contributed by atoms with Crippen LogP contribution in [0.2, 0.25) is 0 Å². The molecular formula is C20H19N5O2S. The maximum Gasteiger partial charge on any atom is 0.234 e. The molecule has 2 aliphatic rings. The van der Waals surface area contributed by atoms with Crippen molar-refractivity contribution in [3.63, 3.8) is 0 Å². The summed E-state index contributed by atoms with van der Waals surface area (Å²) < 4.78 is 0. The normalized spacial score (nSPS) is 16.8. The predicted molar refractivity (Wildman–Crippen MR) is 113 cm³/mol. The minimum atomic E-state index is -0.133. The van der Waals surface area contributed by atoms with Gasteiger partial charge in [0.1, 0.15) is 0 Å². The van der Waals surface area contributed by atoms with Gasteiger partial charge in [0.2, 0.25) is 11.8 Å². The van der Waals surface area contributed by atoms with Crippen molar-refractivity contribution >= 4 is 52.0 Å². The lowest BCUT2D eigenvalue weighted by molar-refractivity contribution is -0.114. The Morgan fingerprint density at radius 2 is 1.82 bits per heavy atom. The number of hydrazone groups is 1. The predicted octanol–water partition coefficient (Wildman–Crippen LogP) is 3.75. The van der Waals surface area contributed by atoms with Crippen LogP contribution < -0.4 is 10.6 Å². The maximum atomic E-state index is 12.3. The maximum absolute atomic E-state index is 12.3. The average molecular weight is 393 g/mol. The van der Waals surface area contributed by atoms with E-state index in [1.165, 1.54) is 18.7 Å². The zero-order valence-electron chi connectivity index (χ0n) is 15.3. The Kier molecular flexibility index (Phi) is 5.12. The SMILES string of the molecule is CC(=O)Nc1ccc(NC(=O)CSC2=Nc3ccccc3C3CC=NN23)cc1. The lowest BCUT2D eigenvalue weighted by atomic mass is 10.0. The van der Waals surface area contributed by atoms with Crippen LogP contribution in [0, 0.1) is 0 Å². The lowest BCUT2D eigenvalue weighted by Crippen LogP contribution is -2.29. The Balaban J connectivity index is 1.39. The second kappa shape index (κ2) is 7.85. The number of thioether (sulfide) groups is 1. The summed E-state index contributed by atoms with van der Waals surface area (Å²) in [5, 5.41) is 12.6. The van der Waals surface area contributed by atoms with Gasteiger partial charge in [0, 0.05) is 36.5 Å². The van der Waals surface area contributed by atoms with Crippen molar-refractivity contribution in [2.45, 2.75) is 19.4 Å². The number of benzene rings is 2. The van der Waals surface area contributed by atoms with E-state index in [9.17, 15) is 9.59 Å². The van der Waals surface area contributed by atoms with Gasteiger partial charge in [-0.15, -0.1) is 0 Å². The minimum Gasteiger partial charge on any atom is -0.326 e. The molecule has 2 amide bonds. The zero-order valence-corrected chi connectivity index (χ0v) is 16.1. The third-order valence-electron chi connectivity index (χ3n) is 4.36. The second-order valence-electron chi connectivity index (χ2n) is 6.44. The first-order valence-electron chi connectivity index (χ1n) is 8.90. The largest absolute Gasteiger partial charge is 0.326 e. The summed E-state index contributed by atoms with van der Waals surface area (Å²) in [6.45, 7) is 1.45. The highest BCUT2D eigenvalue weighted by atomic mass is 32.2. The van der Waals surface area contributed by atoms with Crippen LogP contribution in [0.1, 0.15) is 24.9 Å². The molecule has 0 fully saturated rings. The van der Waals surface area contributed by atoms with Gasteiger partial charge in [0.25, 0.3) is 0 Å². The monoisotopic (exact) mass is 393 g/mol. The topological polar surface area (TPSA) is 86.2 Å². The van der Waals surface area contributed by atoms with Crippen molar-refractivity contribution in [1.82, 2.24) is 5.01 Å². The summed E-state index contributed by atoms with van der Waals surface area (Å²) in [4.78, 5) is 28.1. The number of nitrogens with one attached hydrogen (secondary N) is 2. The molecule has 2 aromatic carbocycles. The molecule has 28 heavy (non-hydrogen) atoms. The molecule has 4 rings (SSSR count). The molecule has 8 heteroatoms. The number of anilines is 2. The smallest absolute Gasteiger partial charge is 0.234 e. The first-order valence-corrected chi connectivity index (χ1v) is 9.88. The average Bonchev–Trinajstić information content (AvgIpc) is 3.18. The summed E-state index contributed by atoms with van der Waals surface area (Å²) in [6.07, 6.45) is 2.73. The molecule has 0 aliphatic carbocycles. The van der Waals surface area contributed by atoms with E-state index < -0.39 is 0 Å². The Morgan fingerprint density at radius 3 is 2.57 bits per heavy atom. The van der Waals surface area contributed by atoms with Gasteiger partial charge in [-0.3, -0.25) is 9.59 Å². The number of hydrogen-bond donors (Lipinski definition) is 2. The number of fused-ring (bicyclic) bond motifs is 3. The van der Waals surface area contributed by atoms with Gasteiger partial charge >= 0.3 is 0 Å². The molecule has 142 valence electrons. The van der Waals surface area contributed by atoms with Gasteiger partial charge < -0.3 is 10.6 Å². The molecule has 0 bridgehead atoms. The molecule has 1 unspecified atom stereocenters. The van der Waals surface area contributed by atoms with Gasteiger partial charge in [0.05, 0.1) is 17.5 Å². The molecule has 0 radical (unpaired) electrons. The number of hydrogen-bond acceptors (Lipinski definition) is 6. The zero-order chi connectivity index (χ0) is 19.5. The van der Waals surface area contributed by atoms with Crippen LogP contribution in [0.25, 0.3) is 0 Å². The van der Waals surface area contributed by atoms with Crippen LogP contribution in [0.15, 0.2) is 58.6 Å². The van der Waals surface area contributed by atoms with E-state index in [1.54, 1.807) is 24.3 Å². The van der Waals surface area contributed by atoms with Crippen LogP contribution in [-0.4, -0.2) is 34.0 Å². The van der Waals surface area contributed by atoms with E-state index in [4.69, 9.17) is 0 Å². The standard InChI is InChI=1S/C20H19N5O2S/c1-13(26)22-14-6-8-15(9-7-14)23-19(27)12-28-20-24-17-5-3-2-4-16(17)18-10-11-21-25(18)20/h2-9,11,18H,10,12H2,1H3,(H,22,26)(H,23,27). The lowest BCUT2D eigenvalue weighted by Gasteiger charge is -2.29. The number of nitrogens with zero attached hydrogens (tertiary/aromatic N) is 3. The third kappa shape index (κ3) is 3.91. The van der Waals surface area contributed by atoms with E-state index in [1.807, 2.05) is 29.4 Å². The number of carbonyl (C=O) groups excluding carboxylic acids is 2. The highest BCUT2D eigenvalue weighted by Gasteiger charge is 2.32. The molecule has 0 saturated heterocycles. The summed E-state index contributed by atoms with van der Waals surface area (Å²) in [5.41, 5.74) is 3.46. The first-order chi connectivity index (χ1) is 13.6. The van der Waals surface area contributed by atoms with E-state index in [-0.39, 0.29) is 23.6 Å². The van der Waals surface area contributed by atoms with E-state index >= 15 is 0 Å². The van der Waals surface area contributed by atoms with E-state index in [0.717, 1.165) is 22.8 Å². The van der Waals surface area contributed by atoms with Gasteiger partial charge in [-0.25, -0.2) is 10.0 Å². The van der Waals surface area contributed by atoms with Crippen LogP contribution in [-0.2, 0) is 9.59 Å². The van der Waals surface area contributed by atoms with Gasteiger partial charge in [-0.2, -0.15) is 5.10 Å². The summed E-state index contributed by atoms with van der Waals surface area (Å²) >= 11 is 1.37. The fourth-order valence-electron chi connectivity index (χ4n) is 3.15.